The largest absolute Gasteiger partial charge is 0.573 e. The predicted octanol–water partition coefficient (Wildman–Crippen LogP) is 2.89. The summed E-state index contributed by atoms with van der Waals surface area (Å²) in [4.78, 5) is 14.1. The number of aryl methyl sites for hydroxylation is 1. The third kappa shape index (κ3) is 4.74. The molecule has 1 amide bonds. The average Bonchev–Trinajstić information content (AvgIpc) is 2.52. The van der Waals surface area contributed by atoms with Crippen molar-refractivity contribution in [2.45, 2.75) is 32.0 Å². The van der Waals surface area contributed by atoms with E-state index in [1.54, 1.807) is 12.1 Å². The fourth-order valence-electron chi connectivity index (χ4n) is 3.43. The smallest absolute Gasteiger partial charge is 0.406 e. The van der Waals surface area contributed by atoms with Crippen LogP contribution in [0.15, 0.2) is 24.3 Å². The number of hydrogen-bond acceptors (Lipinski definition) is 3. The molecule has 0 N–H and O–H groups in total. The fourth-order valence-corrected chi connectivity index (χ4v) is 5.29. The molecule has 0 atom stereocenters. The Kier molecular flexibility index (Phi) is 5.09. The number of benzene rings is 1. The quantitative estimate of drug-likeness (QED) is 0.813. The van der Waals surface area contributed by atoms with Crippen LogP contribution in [-0.2, 0) is 22.0 Å². The van der Waals surface area contributed by atoms with Crippen molar-refractivity contribution in [1.29, 1.82) is 0 Å². The number of likely N-dealkylation sites (tertiary alicyclic amines) is 1. The molecule has 2 saturated heterocycles. The highest BCUT2D eigenvalue weighted by atomic mass is 32.2. The summed E-state index contributed by atoms with van der Waals surface area (Å²) in [6, 6.07) is 5.61. The van der Waals surface area contributed by atoms with Crippen molar-refractivity contribution >= 4 is 16.7 Å². The monoisotopic (exact) mass is 375 g/mol. The number of hydrogen-bond donors (Lipinski definition) is 0. The van der Waals surface area contributed by atoms with Crippen LogP contribution in [0.5, 0.6) is 5.75 Å². The second-order valence-corrected chi connectivity index (χ2v) is 8.26. The van der Waals surface area contributed by atoms with Crippen LogP contribution in [0.2, 0.25) is 0 Å². The highest BCUT2D eigenvalue weighted by Crippen LogP contribution is 2.40. The number of carbonyl (C=O) groups excluding carboxylic acids is 1. The Bertz CT molecular complexity index is 642. The summed E-state index contributed by atoms with van der Waals surface area (Å²) in [5.41, 5.74) is 0.987. The lowest BCUT2D eigenvalue weighted by molar-refractivity contribution is -0.274. The van der Waals surface area contributed by atoms with Gasteiger partial charge in [0.15, 0.2) is 0 Å². The number of alkyl halides is 3. The van der Waals surface area contributed by atoms with Crippen molar-refractivity contribution in [2.24, 2.45) is 5.41 Å². The lowest BCUT2D eigenvalue weighted by atomic mass is 9.81. The minimum atomic E-state index is -4.70. The van der Waals surface area contributed by atoms with E-state index in [1.165, 1.54) is 12.1 Å². The van der Waals surface area contributed by atoms with Crippen LogP contribution in [0, 0.1) is 5.41 Å². The highest BCUT2D eigenvalue weighted by Gasteiger charge is 2.45. The van der Waals surface area contributed by atoms with Gasteiger partial charge >= 0.3 is 6.36 Å². The molecule has 1 aromatic carbocycles. The molecule has 2 aliphatic rings. The van der Waals surface area contributed by atoms with Gasteiger partial charge in [0.25, 0.3) is 0 Å². The zero-order chi connectivity index (χ0) is 18.1. The van der Waals surface area contributed by atoms with Gasteiger partial charge in [0.2, 0.25) is 5.91 Å². The van der Waals surface area contributed by atoms with Gasteiger partial charge in [-0.15, -0.1) is 13.2 Å². The van der Waals surface area contributed by atoms with Gasteiger partial charge < -0.3 is 9.64 Å². The van der Waals surface area contributed by atoms with Crippen LogP contribution in [-0.4, -0.2) is 46.0 Å². The van der Waals surface area contributed by atoms with Crippen molar-refractivity contribution < 1.29 is 26.9 Å². The van der Waals surface area contributed by atoms with Gasteiger partial charge in [-0.25, -0.2) is 0 Å². The number of piperidine rings is 1. The van der Waals surface area contributed by atoms with Gasteiger partial charge in [0, 0.05) is 41.8 Å². The van der Waals surface area contributed by atoms with E-state index in [1.807, 2.05) is 4.90 Å². The molecule has 1 aromatic rings. The van der Waals surface area contributed by atoms with Gasteiger partial charge in [-0.2, -0.15) is 0 Å². The van der Waals surface area contributed by atoms with E-state index >= 15 is 0 Å². The van der Waals surface area contributed by atoms with Crippen molar-refractivity contribution in [2.75, 3.05) is 24.6 Å². The van der Waals surface area contributed by atoms with Gasteiger partial charge in [0.05, 0.1) is 0 Å². The molecular weight excluding hydrogens is 355 g/mol. The Labute approximate surface area is 146 Å². The third-order valence-corrected chi connectivity index (χ3v) is 6.76. The zero-order valence-corrected chi connectivity index (χ0v) is 14.5. The molecule has 4 nitrogen and oxygen atoms in total. The SMILES string of the molecule is O=C(CCc1ccc(OC(F)(F)F)cc1)N1CCC2(CC1)CS(=O)C2. The van der Waals surface area contributed by atoms with Gasteiger partial charge in [0.1, 0.15) is 5.75 Å². The Hall–Kier alpha value is -1.57. The first-order valence-electron chi connectivity index (χ1n) is 8.22. The number of ether oxygens (including phenoxy) is 1. The molecule has 0 aromatic heterocycles. The second-order valence-electron chi connectivity index (χ2n) is 6.80. The summed E-state index contributed by atoms with van der Waals surface area (Å²) in [7, 11) is -0.672. The molecule has 0 radical (unpaired) electrons. The Morgan fingerprint density at radius 1 is 1.16 bits per heavy atom. The zero-order valence-electron chi connectivity index (χ0n) is 13.7. The number of amides is 1. The van der Waals surface area contributed by atoms with Gasteiger partial charge in [-0.05, 0) is 42.4 Å². The van der Waals surface area contributed by atoms with E-state index in [9.17, 15) is 22.2 Å². The number of carbonyl (C=O) groups is 1. The van der Waals surface area contributed by atoms with Crippen LogP contribution < -0.4 is 4.74 Å². The topological polar surface area (TPSA) is 46.6 Å². The van der Waals surface area contributed by atoms with Crippen molar-refractivity contribution in [3.8, 4) is 5.75 Å². The first-order chi connectivity index (χ1) is 11.7. The van der Waals surface area contributed by atoms with Crippen LogP contribution in [0.25, 0.3) is 0 Å². The normalized spacial score (nSPS) is 20.4. The fraction of sp³-hybridized carbons (Fsp3) is 0.588. The van der Waals surface area contributed by atoms with E-state index in [0.717, 1.165) is 29.9 Å². The van der Waals surface area contributed by atoms with E-state index in [2.05, 4.69) is 4.74 Å². The summed E-state index contributed by atoms with van der Waals surface area (Å²) in [5, 5.41) is 0. The standard InChI is InChI=1S/C17H20F3NO3S/c18-17(19,20)24-14-4-1-13(2-5-14)3-6-15(22)21-9-7-16(8-10-21)11-25(23)12-16/h1-2,4-5H,3,6-12H2. The Balaban J connectivity index is 1.44. The molecule has 138 valence electrons. The molecule has 0 bridgehead atoms. The maximum Gasteiger partial charge on any atom is 0.573 e. The minimum Gasteiger partial charge on any atom is -0.406 e. The minimum absolute atomic E-state index is 0.0610. The predicted molar refractivity (Wildman–Crippen MR) is 87.6 cm³/mol. The summed E-state index contributed by atoms with van der Waals surface area (Å²) in [6.45, 7) is 1.41. The van der Waals surface area contributed by atoms with Crippen LogP contribution in [0.3, 0.4) is 0 Å². The highest BCUT2D eigenvalue weighted by molar-refractivity contribution is 7.86. The molecule has 0 unspecified atom stereocenters. The Morgan fingerprint density at radius 2 is 1.76 bits per heavy atom. The summed E-state index contributed by atoms with van der Waals surface area (Å²) in [5.74, 6) is 1.33. The third-order valence-electron chi connectivity index (χ3n) is 4.90. The van der Waals surface area contributed by atoms with E-state index in [0.29, 0.717) is 25.9 Å². The van der Waals surface area contributed by atoms with Crippen molar-refractivity contribution in [1.82, 2.24) is 4.90 Å². The molecule has 1 spiro atoms. The average molecular weight is 375 g/mol. The lowest BCUT2D eigenvalue weighted by Crippen LogP contribution is -2.53. The molecular formula is C17H20F3NO3S. The molecule has 25 heavy (non-hydrogen) atoms. The molecule has 3 rings (SSSR count). The number of nitrogens with zero attached hydrogens (tertiary/aromatic N) is 1. The lowest BCUT2D eigenvalue weighted by Gasteiger charge is -2.46. The summed E-state index contributed by atoms with van der Waals surface area (Å²) < 4.78 is 51.5. The molecule has 8 heteroatoms. The molecule has 2 aliphatic heterocycles. The first-order valence-corrected chi connectivity index (χ1v) is 9.71. The summed E-state index contributed by atoms with van der Waals surface area (Å²) in [6.07, 6.45) is -2.06. The van der Waals surface area contributed by atoms with E-state index in [4.69, 9.17) is 0 Å². The Morgan fingerprint density at radius 3 is 2.28 bits per heavy atom. The number of halogens is 3. The first kappa shape index (κ1) is 18.2. The summed E-state index contributed by atoms with van der Waals surface area (Å²) >= 11 is 0. The van der Waals surface area contributed by atoms with Gasteiger partial charge in [-0.3, -0.25) is 9.00 Å². The van der Waals surface area contributed by atoms with E-state index in [-0.39, 0.29) is 17.1 Å². The maximum atomic E-state index is 12.3. The molecule has 0 saturated carbocycles. The van der Waals surface area contributed by atoms with Gasteiger partial charge in [-0.1, -0.05) is 12.1 Å². The molecule has 0 aliphatic carbocycles. The second kappa shape index (κ2) is 6.97. The van der Waals surface area contributed by atoms with Crippen LogP contribution in [0.1, 0.15) is 24.8 Å². The van der Waals surface area contributed by atoms with Crippen molar-refractivity contribution in [3.05, 3.63) is 29.8 Å². The number of rotatable bonds is 4. The molecule has 2 fully saturated rings. The maximum absolute atomic E-state index is 12.3. The van der Waals surface area contributed by atoms with Crippen molar-refractivity contribution in [3.63, 3.8) is 0 Å². The van der Waals surface area contributed by atoms with Crippen LogP contribution in [0.4, 0.5) is 13.2 Å². The molecule has 2 heterocycles. The van der Waals surface area contributed by atoms with E-state index < -0.39 is 17.2 Å². The van der Waals surface area contributed by atoms with Crippen LogP contribution >= 0.6 is 0 Å².